The van der Waals surface area contributed by atoms with E-state index in [-0.39, 0.29) is 5.75 Å². The average Bonchev–Trinajstić information content (AvgIpc) is 2.61. The van der Waals surface area contributed by atoms with E-state index < -0.39 is 5.97 Å². The summed E-state index contributed by atoms with van der Waals surface area (Å²) < 4.78 is 0. The molecule has 0 spiro atoms. The number of carboxylic acid groups (broad SMARTS) is 1. The maximum atomic E-state index is 10.9. The number of aromatic nitrogens is 1. The van der Waals surface area contributed by atoms with Crippen LogP contribution in [0.25, 0.3) is 0 Å². The summed E-state index contributed by atoms with van der Waals surface area (Å²) in [7, 11) is 0. The topological polar surface area (TPSA) is 74.0 Å². The molecule has 1 aliphatic rings. The van der Waals surface area contributed by atoms with Crippen molar-refractivity contribution in [3.8, 4) is 6.07 Å². The van der Waals surface area contributed by atoms with Gasteiger partial charge in [-0.1, -0.05) is 42.1 Å². The Hall–Kier alpha value is -2.32. The Labute approximate surface area is 145 Å². The van der Waals surface area contributed by atoms with Gasteiger partial charge in [0.1, 0.15) is 11.1 Å². The highest BCUT2D eigenvalue weighted by Crippen LogP contribution is 2.33. The molecule has 24 heavy (non-hydrogen) atoms. The maximum absolute atomic E-state index is 10.9. The van der Waals surface area contributed by atoms with E-state index in [0.29, 0.717) is 10.6 Å². The number of fused-ring (bicyclic) bond motifs is 1. The van der Waals surface area contributed by atoms with Crippen LogP contribution in [-0.4, -0.2) is 21.8 Å². The minimum Gasteiger partial charge on any atom is -0.481 e. The minimum absolute atomic E-state index is 0.0781. The monoisotopic (exact) mass is 338 g/mol. The molecule has 1 aromatic carbocycles. The Kier molecular flexibility index (Phi) is 5.17. The molecule has 2 aromatic rings. The molecule has 1 heterocycles. The van der Waals surface area contributed by atoms with Crippen LogP contribution in [0.15, 0.2) is 35.4 Å². The van der Waals surface area contributed by atoms with Crippen LogP contribution in [0.1, 0.15) is 40.8 Å². The van der Waals surface area contributed by atoms with E-state index in [1.165, 1.54) is 11.1 Å². The molecule has 1 aromatic heterocycles. The van der Waals surface area contributed by atoms with E-state index in [4.69, 9.17) is 10.1 Å². The molecule has 0 bridgehead atoms. The number of carboxylic acids is 1. The fraction of sp³-hybridized carbons (Fsp3) is 0.316. The summed E-state index contributed by atoms with van der Waals surface area (Å²) >= 11 is 1.14. The molecule has 4 nitrogen and oxygen atoms in total. The summed E-state index contributed by atoms with van der Waals surface area (Å²) in [6, 6.07) is 12.4. The summed E-state index contributed by atoms with van der Waals surface area (Å²) in [4.78, 5) is 15.6. The molecule has 0 unspecified atom stereocenters. The molecule has 0 saturated carbocycles. The number of aliphatic carboxylic acids is 1. The molecule has 0 atom stereocenters. The van der Waals surface area contributed by atoms with Crippen LogP contribution >= 0.6 is 11.8 Å². The lowest BCUT2D eigenvalue weighted by Crippen LogP contribution is -2.13. The third-order valence-electron chi connectivity index (χ3n) is 4.23. The average molecular weight is 338 g/mol. The second-order valence-corrected chi connectivity index (χ2v) is 6.82. The van der Waals surface area contributed by atoms with Gasteiger partial charge in [0, 0.05) is 12.1 Å². The quantitative estimate of drug-likeness (QED) is 0.843. The molecule has 5 heteroatoms. The summed E-state index contributed by atoms with van der Waals surface area (Å²) in [5.74, 6) is -0.973. The van der Waals surface area contributed by atoms with Crippen molar-refractivity contribution in [3.63, 3.8) is 0 Å². The standard InChI is InChI=1S/C19H18N2O2S/c20-11-16-14-8-4-5-9-15(14)17(10-13-6-2-1-3-7-13)21-19(16)24-12-18(22)23/h1-3,6-7H,4-5,8-10,12H2,(H,22,23). The van der Waals surface area contributed by atoms with Gasteiger partial charge in [0.15, 0.2) is 0 Å². The summed E-state index contributed by atoms with van der Waals surface area (Å²) in [6.45, 7) is 0. The number of rotatable bonds is 5. The third-order valence-corrected chi connectivity index (χ3v) is 5.19. The van der Waals surface area contributed by atoms with Gasteiger partial charge >= 0.3 is 5.97 Å². The SMILES string of the molecule is N#Cc1c(SCC(=O)O)nc(Cc2ccccc2)c2c1CCCC2. The highest BCUT2D eigenvalue weighted by molar-refractivity contribution is 7.99. The van der Waals surface area contributed by atoms with Gasteiger partial charge < -0.3 is 5.11 Å². The number of hydrogen-bond acceptors (Lipinski definition) is 4. The zero-order valence-electron chi connectivity index (χ0n) is 13.3. The summed E-state index contributed by atoms with van der Waals surface area (Å²) in [5.41, 5.74) is 5.02. The van der Waals surface area contributed by atoms with E-state index in [2.05, 4.69) is 18.2 Å². The predicted octanol–water partition coefficient (Wildman–Crippen LogP) is 3.60. The first-order chi connectivity index (χ1) is 11.7. The molecule has 0 radical (unpaired) electrons. The van der Waals surface area contributed by atoms with Crippen molar-refractivity contribution in [3.05, 3.63) is 58.3 Å². The lowest BCUT2D eigenvalue weighted by molar-refractivity contribution is -0.133. The van der Waals surface area contributed by atoms with Crippen LogP contribution in [-0.2, 0) is 24.1 Å². The Balaban J connectivity index is 2.05. The van der Waals surface area contributed by atoms with Crippen LogP contribution < -0.4 is 0 Å². The van der Waals surface area contributed by atoms with Gasteiger partial charge in [0.2, 0.25) is 0 Å². The molecule has 3 rings (SSSR count). The summed E-state index contributed by atoms with van der Waals surface area (Å²) in [6.07, 6.45) is 4.73. The summed E-state index contributed by atoms with van der Waals surface area (Å²) in [5, 5.41) is 19.1. The lowest BCUT2D eigenvalue weighted by Gasteiger charge is -2.22. The molecule has 1 aliphatic carbocycles. The van der Waals surface area contributed by atoms with Gasteiger partial charge in [-0.3, -0.25) is 4.79 Å². The Morgan fingerprint density at radius 3 is 2.58 bits per heavy atom. The van der Waals surface area contributed by atoms with Crippen LogP contribution in [0, 0.1) is 11.3 Å². The number of hydrogen-bond donors (Lipinski definition) is 1. The van der Waals surface area contributed by atoms with Crippen LogP contribution in [0.5, 0.6) is 0 Å². The number of pyridine rings is 1. The number of thioether (sulfide) groups is 1. The number of carbonyl (C=O) groups is 1. The number of nitriles is 1. The van der Waals surface area contributed by atoms with Crippen molar-refractivity contribution in [2.75, 3.05) is 5.75 Å². The molecule has 0 fully saturated rings. The van der Waals surface area contributed by atoms with Crippen molar-refractivity contribution < 1.29 is 9.90 Å². The van der Waals surface area contributed by atoms with E-state index in [1.807, 2.05) is 18.2 Å². The lowest BCUT2D eigenvalue weighted by atomic mass is 9.87. The third kappa shape index (κ3) is 3.60. The first-order valence-electron chi connectivity index (χ1n) is 8.02. The second-order valence-electron chi connectivity index (χ2n) is 5.86. The van der Waals surface area contributed by atoms with Gasteiger partial charge in [-0.05, 0) is 42.4 Å². The van der Waals surface area contributed by atoms with Crippen LogP contribution in [0.2, 0.25) is 0 Å². The number of benzene rings is 1. The molecule has 0 aliphatic heterocycles. The van der Waals surface area contributed by atoms with Crippen molar-refractivity contribution in [2.45, 2.75) is 37.1 Å². The fourth-order valence-electron chi connectivity index (χ4n) is 3.16. The van der Waals surface area contributed by atoms with E-state index in [1.54, 1.807) is 0 Å². The van der Waals surface area contributed by atoms with Gasteiger partial charge in [0.05, 0.1) is 11.3 Å². The first-order valence-corrected chi connectivity index (χ1v) is 9.01. The van der Waals surface area contributed by atoms with E-state index in [9.17, 15) is 10.1 Å². The number of nitrogens with zero attached hydrogens (tertiary/aromatic N) is 2. The highest BCUT2D eigenvalue weighted by atomic mass is 32.2. The molecule has 0 amide bonds. The normalized spacial score (nSPS) is 13.1. The maximum Gasteiger partial charge on any atom is 0.313 e. The van der Waals surface area contributed by atoms with Crippen molar-refractivity contribution in [2.24, 2.45) is 0 Å². The van der Waals surface area contributed by atoms with Crippen LogP contribution in [0.4, 0.5) is 0 Å². The van der Waals surface area contributed by atoms with Gasteiger partial charge in [0.25, 0.3) is 0 Å². The van der Waals surface area contributed by atoms with E-state index in [0.717, 1.165) is 55.1 Å². The van der Waals surface area contributed by atoms with Crippen molar-refractivity contribution in [1.29, 1.82) is 5.26 Å². The minimum atomic E-state index is -0.895. The fourth-order valence-corrected chi connectivity index (χ4v) is 3.91. The molecular weight excluding hydrogens is 320 g/mol. The molecule has 1 N–H and O–H groups in total. The van der Waals surface area contributed by atoms with Crippen molar-refractivity contribution >= 4 is 17.7 Å². The first kappa shape index (κ1) is 16.5. The smallest absolute Gasteiger partial charge is 0.313 e. The van der Waals surface area contributed by atoms with Crippen LogP contribution in [0.3, 0.4) is 0 Å². The largest absolute Gasteiger partial charge is 0.481 e. The Morgan fingerprint density at radius 2 is 1.92 bits per heavy atom. The van der Waals surface area contributed by atoms with Gasteiger partial charge in [-0.2, -0.15) is 5.26 Å². The predicted molar refractivity (Wildman–Crippen MR) is 93.2 cm³/mol. The highest BCUT2D eigenvalue weighted by Gasteiger charge is 2.22. The molecular formula is C19H18N2O2S. The Bertz CT molecular complexity index is 797. The Morgan fingerprint density at radius 1 is 1.21 bits per heavy atom. The van der Waals surface area contributed by atoms with Gasteiger partial charge in [-0.15, -0.1) is 0 Å². The zero-order valence-corrected chi connectivity index (χ0v) is 14.1. The van der Waals surface area contributed by atoms with Gasteiger partial charge in [-0.25, -0.2) is 4.98 Å². The zero-order chi connectivity index (χ0) is 16.9. The van der Waals surface area contributed by atoms with E-state index >= 15 is 0 Å². The molecule has 0 saturated heterocycles. The molecule has 122 valence electrons. The van der Waals surface area contributed by atoms with Crippen molar-refractivity contribution in [1.82, 2.24) is 4.98 Å². The second kappa shape index (κ2) is 7.50.